The highest BCUT2D eigenvalue weighted by Gasteiger charge is 2.48. The molecular formula is C16H19NO4. The number of anilines is 1. The molecule has 2 unspecified atom stereocenters. The molecule has 2 atom stereocenters. The van der Waals surface area contributed by atoms with Gasteiger partial charge in [0.05, 0.1) is 31.7 Å². The lowest BCUT2D eigenvalue weighted by Crippen LogP contribution is -2.30. The van der Waals surface area contributed by atoms with E-state index in [1.165, 1.54) is 12.0 Å². The van der Waals surface area contributed by atoms with Crippen LogP contribution in [0.1, 0.15) is 25.7 Å². The minimum Gasteiger partial charge on any atom is -0.493 e. The van der Waals surface area contributed by atoms with E-state index in [4.69, 9.17) is 9.47 Å². The van der Waals surface area contributed by atoms with E-state index >= 15 is 0 Å². The average molecular weight is 289 g/mol. The minimum atomic E-state index is -0.139. The van der Waals surface area contributed by atoms with E-state index in [-0.39, 0.29) is 23.7 Å². The molecule has 1 aromatic carbocycles. The molecule has 0 N–H and O–H groups in total. The van der Waals surface area contributed by atoms with E-state index in [1.807, 2.05) is 0 Å². The van der Waals surface area contributed by atoms with Crippen LogP contribution in [-0.4, -0.2) is 26.0 Å². The number of rotatable bonds is 3. The number of imide groups is 1. The third-order valence-corrected chi connectivity index (χ3v) is 4.47. The highest BCUT2D eigenvalue weighted by molar-refractivity contribution is 6.22. The topological polar surface area (TPSA) is 55.8 Å². The summed E-state index contributed by atoms with van der Waals surface area (Å²) in [5.74, 6) is 0.677. The summed E-state index contributed by atoms with van der Waals surface area (Å²) in [6.45, 7) is 0. The minimum absolute atomic E-state index is 0.0723. The first kappa shape index (κ1) is 13.9. The van der Waals surface area contributed by atoms with Crippen LogP contribution < -0.4 is 14.4 Å². The molecule has 0 radical (unpaired) electrons. The van der Waals surface area contributed by atoms with Crippen molar-refractivity contribution in [3.8, 4) is 11.5 Å². The highest BCUT2D eigenvalue weighted by Crippen LogP contribution is 2.41. The fourth-order valence-electron chi connectivity index (χ4n) is 3.38. The molecule has 112 valence electrons. The van der Waals surface area contributed by atoms with Gasteiger partial charge in [-0.2, -0.15) is 0 Å². The van der Waals surface area contributed by atoms with Gasteiger partial charge in [-0.25, -0.2) is 4.90 Å². The molecule has 2 fully saturated rings. The largest absolute Gasteiger partial charge is 0.493 e. The summed E-state index contributed by atoms with van der Waals surface area (Å²) in [4.78, 5) is 26.4. The van der Waals surface area contributed by atoms with Crippen molar-refractivity contribution in [3.63, 3.8) is 0 Å². The molecule has 1 aliphatic heterocycles. The Bertz CT molecular complexity index is 560. The van der Waals surface area contributed by atoms with E-state index in [0.29, 0.717) is 17.2 Å². The molecule has 3 rings (SSSR count). The lowest BCUT2D eigenvalue weighted by atomic mass is 9.81. The average Bonchev–Trinajstić information content (AvgIpc) is 2.78. The fourth-order valence-corrected chi connectivity index (χ4v) is 3.38. The third kappa shape index (κ3) is 2.17. The van der Waals surface area contributed by atoms with Crippen molar-refractivity contribution in [2.75, 3.05) is 19.1 Å². The molecule has 0 spiro atoms. The third-order valence-electron chi connectivity index (χ3n) is 4.47. The van der Waals surface area contributed by atoms with Gasteiger partial charge in [-0.3, -0.25) is 9.59 Å². The second kappa shape index (κ2) is 5.39. The number of ether oxygens (including phenoxy) is 2. The number of benzene rings is 1. The van der Waals surface area contributed by atoms with Gasteiger partial charge >= 0.3 is 0 Å². The standard InChI is InChI=1S/C16H19NO4/c1-20-13-8-7-10(9-14(13)21-2)17-15(18)11-5-3-4-6-12(11)16(17)19/h7-9,11-12H,3-6H2,1-2H3. The molecular weight excluding hydrogens is 270 g/mol. The Morgan fingerprint density at radius 3 is 2.05 bits per heavy atom. The fraction of sp³-hybridized carbons (Fsp3) is 0.500. The Morgan fingerprint density at radius 2 is 1.52 bits per heavy atom. The SMILES string of the molecule is COc1ccc(N2C(=O)C3CCCCC3C2=O)cc1OC. The van der Waals surface area contributed by atoms with E-state index in [1.54, 1.807) is 25.3 Å². The van der Waals surface area contributed by atoms with Gasteiger partial charge in [-0.15, -0.1) is 0 Å². The van der Waals surface area contributed by atoms with Crippen molar-refractivity contribution in [2.45, 2.75) is 25.7 Å². The van der Waals surface area contributed by atoms with Crippen molar-refractivity contribution < 1.29 is 19.1 Å². The second-order valence-corrected chi connectivity index (χ2v) is 5.55. The number of carbonyl (C=O) groups excluding carboxylic acids is 2. The first-order valence-corrected chi connectivity index (χ1v) is 7.27. The van der Waals surface area contributed by atoms with E-state index in [0.717, 1.165) is 25.7 Å². The van der Waals surface area contributed by atoms with Crippen LogP contribution in [0.4, 0.5) is 5.69 Å². The van der Waals surface area contributed by atoms with Crippen molar-refractivity contribution >= 4 is 17.5 Å². The Hall–Kier alpha value is -2.04. The maximum atomic E-state index is 12.5. The zero-order chi connectivity index (χ0) is 15.0. The Kier molecular flexibility index (Phi) is 3.57. The predicted octanol–water partition coefficient (Wildman–Crippen LogP) is 2.38. The molecule has 5 heteroatoms. The van der Waals surface area contributed by atoms with Gasteiger partial charge in [0.15, 0.2) is 11.5 Å². The normalized spacial score (nSPS) is 25.0. The molecule has 0 aromatic heterocycles. The summed E-state index contributed by atoms with van der Waals surface area (Å²) in [6.07, 6.45) is 3.69. The summed E-state index contributed by atoms with van der Waals surface area (Å²) in [5, 5.41) is 0. The number of methoxy groups -OCH3 is 2. The van der Waals surface area contributed by atoms with Gasteiger partial charge in [0.25, 0.3) is 0 Å². The van der Waals surface area contributed by atoms with Gasteiger partial charge in [0.2, 0.25) is 11.8 Å². The van der Waals surface area contributed by atoms with Gasteiger partial charge in [-0.05, 0) is 25.0 Å². The number of fused-ring (bicyclic) bond motifs is 1. The first-order valence-electron chi connectivity index (χ1n) is 7.27. The zero-order valence-electron chi connectivity index (χ0n) is 12.3. The highest BCUT2D eigenvalue weighted by atomic mass is 16.5. The summed E-state index contributed by atoms with van der Waals surface area (Å²) in [6, 6.07) is 5.14. The Balaban J connectivity index is 1.96. The quantitative estimate of drug-likeness (QED) is 0.802. The van der Waals surface area contributed by atoms with Crippen molar-refractivity contribution in [1.29, 1.82) is 0 Å². The molecule has 1 heterocycles. The summed E-state index contributed by atoms with van der Waals surface area (Å²) >= 11 is 0. The summed E-state index contributed by atoms with van der Waals surface area (Å²) in [5.41, 5.74) is 0.567. The molecule has 0 bridgehead atoms. The number of amides is 2. The van der Waals surface area contributed by atoms with Crippen LogP contribution in [0.3, 0.4) is 0 Å². The monoisotopic (exact) mass is 289 g/mol. The number of nitrogens with zero attached hydrogens (tertiary/aromatic N) is 1. The second-order valence-electron chi connectivity index (χ2n) is 5.55. The van der Waals surface area contributed by atoms with E-state index in [9.17, 15) is 9.59 Å². The molecule has 2 aliphatic rings. The lowest BCUT2D eigenvalue weighted by molar-refractivity contribution is -0.122. The van der Waals surface area contributed by atoms with Crippen LogP contribution in [-0.2, 0) is 9.59 Å². The molecule has 1 aliphatic carbocycles. The molecule has 1 saturated carbocycles. The summed E-state index contributed by atoms with van der Waals surface area (Å²) < 4.78 is 10.4. The van der Waals surface area contributed by atoms with Crippen molar-refractivity contribution in [3.05, 3.63) is 18.2 Å². The van der Waals surface area contributed by atoms with Gasteiger partial charge < -0.3 is 9.47 Å². The van der Waals surface area contributed by atoms with Gasteiger partial charge in [0, 0.05) is 6.07 Å². The van der Waals surface area contributed by atoms with Gasteiger partial charge in [-0.1, -0.05) is 12.8 Å². The molecule has 21 heavy (non-hydrogen) atoms. The van der Waals surface area contributed by atoms with E-state index in [2.05, 4.69) is 0 Å². The van der Waals surface area contributed by atoms with Crippen LogP contribution in [0.15, 0.2) is 18.2 Å². The molecule has 1 aromatic rings. The Morgan fingerprint density at radius 1 is 0.952 bits per heavy atom. The van der Waals surface area contributed by atoms with Gasteiger partial charge in [0.1, 0.15) is 0 Å². The van der Waals surface area contributed by atoms with Crippen molar-refractivity contribution in [1.82, 2.24) is 0 Å². The number of hydrogen-bond acceptors (Lipinski definition) is 4. The maximum absolute atomic E-state index is 12.5. The van der Waals surface area contributed by atoms with Crippen LogP contribution in [0.25, 0.3) is 0 Å². The lowest BCUT2D eigenvalue weighted by Gasteiger charge is -2.19. The zero-order valence-corrected chi connectivity index (χ0v) is 12.3. The van der Waals surface area contributed by atoms with E-state index < -0.39 is 0 Å². The summed E-state index contributed by atoms with van der Waals surface area (Å²) in [7, 11) is 3.09. The molecule has 1 saturated heterocycles. The molecule has 5 nitrogen and oxygen atoms in total. The molecule has 2 amide bonds. The number of hydrogen-bond donors (Lipinski definition) is 0. The number of carbonyl (C=O) groups is 2. The van der Waals surface area contributed by atoms with Crippen LogP contribution >= 0.6 is 0 Å². The predicted molar refractivity (Wildman–Crippen MR) is 77.5 cm³/mol. The maximum Gasteiger partial charge on any atom is 0.237 e. The van der Waals surface area contributed by atoms with Crippen LogP contribution in [0.2, 0.25) is 0 Å². The van der Waals surface area contributed by atoms with Crippen LogP contribution in [0.5, 0.6) is 11.5 Å². The smallest absolute Gasteiger partial charge is 0.237 e. The Labute approximate surface area is 123 Å². The first-order chi connectivity index (χ1) is 10.2. The van der Waals surface area contributed by atoms with Crippen molar-refractivity contribution in [2.24, 2.45) is 11.8 Å². The van der Waals surface area contributed by atoms with Crippen LogP contribution in [0, 0.1) is 11.8 Å².